The summed E-state index contributed by atoms with van der Waals surface area (Å²) in [6.07, 6.45) is 4.23. The van der Waals surface area contributed by atoms with Crippen LogP contribution in [-0.4, -0.2) is 30.9 Å². The second kappa shape index (κ2) is 7.82. The largest absolute Gasteiger partial charge is 0.355 e. The number of benzene rings is 2. The Morgan fingerprint density at radius 3 is 2.53 bits per heavy atom. The van der Waals surface area contributed by atoms with Crippen molar-refractivity contribution in [2.45, 2.75) is 31.6 Å². The zero-order valence-corrected chi connectivity index (χ0v) is 16.7. The standard InChI is InChI=1S/C23H25N5O2/c29-21(15-6-7-15)27-18-3-1-2-17(13-18)26-20-9-8-16(12-19(20)14-4-5-14)22(30)28-23-24-10-11-25-23/h1-3,8-9,12-15,26H,4-7,10-11H2,(H,27,29)(H2,24,25,28,30). The predicted octanol–water partition coefficient (Wildman–Crippen LogP) is 3.35. The number of aliphatic imine (C=N–C) groups is 1. The molecule has 0 atom stereocenters. The van der Waals surface area contributed by atoms with Gasteiger partial charge in [-0.1, -0.05) is 6.07 Å². The molecule has 4 N–H and O–H groups in total. The molecule has 7 heteroatoms. The summed E-state index contributed by atoms with van der Waals surface area (Å²) >= 11 is 0. The third kappa shape index (κ3) is 4.30. The van der Waals surface area contributed by atoms with E-state index in [0.29, 0.717) is 24.0 Å². The van der Waals surface area contributed by atoms with Crippen LogP contribution in [0.5, 0.6) is 0 Å². The molecule has 0 bridgehead atoms. The van der Waals surface area contributed by atoms with Crippen molar-refractivity contribution >= 4 is 34.8 Å². The molecule has 0 unspecified atom stereocenters. The fourth-order valence-electron chi connectivity index (χ4n) is 3.63. The van der Waals surface area contributed by atoms with Crippen molar-refractivity contribution in [3.8, 4) is 0 Å². The van der Waals surface area contributed by atoms with Crippen molar-refractivity contribution in [3.63, 3.8) is 0 Å². The molecule has 5 rings (SSSR count). The second-order valence-electron chi connectivity index (χ2n) is 8.16. The molecule has 2 aromatic carbocycles. The van der Waals surface area contributed by atoms with Crippen LogP contribution in [0, 0.1) is 5.92 Å². The summed E-state index contributed by atoms with van der Waals surface area (Å²) in [6.45, 7) is 1.44. The zero-order valence-electron chi connectivity index (χ0n) is 16.7. The molecule has 1 heterocycles. The van der Waals surface area contributed by atoms with Crippen LogP contribution in [0.3, 0.4) is 0 Å². The highest BCUT2D eigenvalue weighted by Gasteiger charge is 2.30. The number of hydrogen-bond donors (Lipinski definition) is 4. The van der Waals surface area contributed by atoms with E-state index in [-0.39, 0.29) is 17.7 Å². The van der Waals surface area contributed by atoms with Crippen LogP contribution in [0.2, 0.25) is 0 Å². The Bertz CT molecular complexity index is 1020. The summed E-state index contributed by atoms with van der Waals surface area (Å²) < 4.78 is 0. The molecule has 0 radical (unpaired) electrons. The van der Waals surface area contributed by atoms with Gasteiger partial charge in [-0.2, -0.15) is 0 Å². The van der Waals surface area contributed by atoms with Gasteiger partial charge in [-0.15, -0.1) is 0 Å². The maximum atomic E-state index is 12.6. The van der Waals surface area contributed by atoms with Gasteiger partial charge in [-0.3, -0.25) is 19.9 Å². The fraction of sp³-hybridized carbons (Fsp3) is 0.348. The van der Waals surface area contributed by atoms with Gasteiger partial charge in [0.05, 0.1) is 6.54 Å². The van der Waals surface area contributed by atoms with Gasteiger partial charge >= 0.3 is 0 Å². The molecular formula is C23H25N5O2. The summed E-state index contributed by atoms with van der Waals surface area (Å²) in [4.78, 5) is 28.8. The zero-order chi connectivity index (χ0) is 20.5. The monoisotopic (exact) mass is 403 g/mol. The first kappa shape index (κ1) is 18.7. The third-order valence-corrected chi connectivity index (χ3v) is 5.59. The molecule has 2 aromatic rings. The molecule has 2 amide bonds. The van der Waals surface area contributed by atoms with E-state index in [1.165, 1.54) is 0 Å². The molecule has 154 valence electrons. The maximum Gasteiger partial charge on any atom is 0.257 e. The number of carbonyl (C=O) groups excluding carboxylic acids is 2. The average molecular weight is 403 g/mol. The van der Waals surface area contributed by atoms with Gasteiger partial charge < -0.3 is 16.0 Å². The van der Waals surface area contributed by atoms with E-state index in [0.717, 1.165) is 54.9 Å². The first-order chi connectivity index (χ1) is 14.7. The molecule has 2 saturated carbocycles. The Hall–Kier alpha value is -3.35. The molecule has 2 fully saturated rings. The molecule has 3 aliphatic rings. The van der Waals surface area contributed by atoms with Gasteiger partial charge in [-0.25, -0.2) is 0 Å². The van der Waals surface area contributed by atoms with Gasteiger partial charge in [0, 0.05) is 35.1 Å². The van der Waals surface area contributed by atoms with Crippen LogP contribution in [0.1, 0.15) is 47.5 Å². The predicted molar refractivity (Wildman–Crippen MR) is 117 cm³/mol. The molecule has 0 saturated heterocycles. The molecule has 0 spiro atoms. The van der Waals surface area contributed by atoms with E-state index in [1.54, 1.807) is 0 Å². The third-order valence-electron chi connectivity index (χ3n) is 5.59. The minimum Gasteiger partial charge on any atom is -0.355 e. The Balaban J connectivity index is 1.33. The number of carbonyl (C=O) groups is 2. The van der Waals surface area contributed by atoms with Gasteiger partial charge in [0.25, 0.3) is 5.91 Å². The van der Waals surface area contributed by atoms with Crippen LogP contribution in [0.4, 0.5) is 17.1 Å². The first-order valence-electron chi connectivity index (χ1n) is 10.6. The molecule has 30 heavy (non-hydrogen) atoms. The summed E-state index contributed by atoms with van der Waals surface area (Å²) in [5, 5.41) is 12.3. The molecule has 1 aliphatic heterocycles. The highest BCUT2D eigenvalue weighted by molar-refractivity contribution is 6.06. The average Bonchev–Trinajstić information content (AvgIpc) is 3.67. The van der Waals surface area contributed by atoms with Gasteiger partial charge in [0.2, 0.25) is 5.91 Å². The SMILES string of the molecule is O=C(NC1=NCCN1)c1ccc(Nc2cccc(NC(=O)C3CC3)c2)c(C2CC2)c1. The Labute approximate surface area is 175 Å². The summed E-state index contributed by atoms with van der Waals surface area (Å²) in [5.74, 6) is 1.14. The van der Waals surface area contributed by atoms with Crippen LogP contribution < -0.4 is 21.3 Å². The smallest absolute Gasteiger partial charge is 0.257 e. The molecule has 2 aliphatic carbocycles. The van der Waals surface area contributed by atoms with E-state index < -0.39 is 0 Å². The van der Waals surface area contributed by atoms with E-state index in [2.05, 4.69) is 26.3 Å². The number of nitrogens with zero attached hydrogens (tertiary/aromatic N) is 1. The van der Waals surface area contributed by atoms with E-state index in [1.807, 2.05) is 42.5 Å². The van der Waals surface area contributed by atoms with Crippen LogP contribution in [0.15, 0.2) is 47.5 Å². The number of nitrogens with one attached hydrogen (secondary N) is 4. The van der Waals surface area contributed by atoms with Gasteiger partial charge in [-0.05, 0) is 73.6 Å². The van der Waals surface area contributed by atoms with Crippen molar-refractivity contribution in [1.82, 2.24) is 10.6 Å². The number of amides is 2. The lowest BCUT2D eigenvalue weighted by Gasteiger charge is -2.15. The van der Waals surface area contributed by atoms with Crippen LogP contribution in [-0.2, 0) is 4.79 Å². The van der Waals surface area contributed by atoms with Crippen molar-refractivity contribution < 1.29 is 9.59 Å². The maximum absolute atomic E-state index is 12.6. The van der Waals surface area contributed by atoms with Crippen molar-refractivity contribution in [2.75, 3.05) is 23.7 Å². The molecule has 0 aromatic heterocycles. The summed E-state index contributed by atoms with van der Waals surface area (Å²) in [7, 11) is 0. The Morgan fingerprint density at radius 2 is 1.80 bits per heavy atom. The first-order valence-corrected chi connectivity index (χ1v) is 10.6. The number of anilines is 3. The quantitative estimate of drug-likeness (QED) is 0.595. The Morgan fingerprint density at radius 1 is 0.967 bits per heavy atom. The van der Waals surface area contributed by atoms with E-state index in [4.69, 9.17) is 0 Å². The van der Waals surface area contributed by atoms with Crippen LogP contribution in [0.25, 0.3) is 0 Å². The lowest BCUT2D eigenvalue weighted by atomic mass is 10.0. The van der Waals surface area contributed by atoms with E-state index in [9.17, 15) is 9.59 Å². The fourth-order valence-corrected chi connectivity index (χ4v) is 3.63. The lowest BCUT2D eigenvalue weighted by Crippen LogP contribution is -2.38. The summed E-state index contributed by atoms with van der Waals surface area (Å²) in [5.41, 5.74) is 4.48. The highest BCUT2D eigenvalue weighted by Crippen LogP contribution is 2.44. The minimum atomic E-state index is -0.151. The molecular weight excluding hydrogens is 378 g/mol. The minimum absolute atomic E-state index is 0.0996. The second-order valence-corrected chi connectivity index (χ2v) is 8.16. The van der Waals surface area contributed by atoms with Gasteiger partial charge in [0.1, 0.15) is 0 Å². The topological polar surface area (TPSA) is 94.6 Å². The van der Waals surface area contributed by atoms with E-state index >= 15 is 0 Å². The van der Waals surface area contributed by atoms with Crippen molar-refractivity contribution in [3.05, 3.63) is 53.6 Å². The number of hydrogen-bond acceptors (Lipinski definition) is 5. The number of rotatable bonds is 6. The highest BCUT2D eigenvalue weighted by atomic mass is 16.2. The van der Waals surface area contributed by atoms with Crippen LogP contribution >= 0.6 is 0 Å². The Kier molecular flexibility index (Phi) is 4.86. The summed E-state index contributed by atoms with van der Waals surface area (Å²) in [6, 6.07) is 13.5. The van der Waals surface area contributed by atoms with Crippen molar-refractivity contribution in [1.29, 1.82) is 0 Å². The number of guanidine groups is 1. The van der Waals surface area contributed by atoms with Gasteiger partial charge in [0.15, 0.2) is 5.96 Å². The lowest BCUT2D eigenvalue weighted by molar-refractivity contribution is -0.117. The van der Waals surface area contributed by atoms with Crippen molar-refractivity contribution in [2.24, 2.45) is 10.9 Å². The molecule has 7 nitrogen and oxygen atoms in total. The normalized spacial score (nSPS) is 17.7.